The van der Waals surface area contributed by atoms with E-state index in [1.807, 2.05) is 54.8 Å². The Morgan fingerprint density at radius 2 is 1.77 bits per heavy atom. The van der Waals surface area contributed by atoms with E-state index in [1.165, 1.54) is 22.3 Å². The van der Waals surface area contributed by atoms with E-state index in [0.717, 1.165) is 17.7 Å². The van der Waals surface area contributed by atoms with Gasteiger partial charge in [-0.3, -0.25) is 4.21 Å². The van der Waals surface area contributed by atoms with Crippen molar-refractivity contribution in [1.82, 2.24) is 0 Å². The van der Waals surface area contributed by atoms with E-state index in [9.17, 15) is 4.21 Å². The van der Waals surface area contributed by atoms with Crippen LogP contribution in [0.3, 0.4) is 0 Å². The average molecular weight is 367 g/mol. The molecular weight excluding hydrogens is 340 g/mol. The fourth-order valence-corrected chi connectivity index (χ4v) is 4.80. The maximum Gasteiger partial charge on any atom is 0.112 e. The second-order valence-corrected chi connectivity index (χ2v) is 8.31. The molecule has 0 N–H and O–H groups in total. The van der Waals surface area contributed by atoms with E-state index in [0.29, 0.717) is 18.3 Å². The third kappa shape index (κ3) is 4.73. The summed E-state index contributed by atoms with van der Waals surface area (Å²) in [4.78, 5) is 0.903. The van der Waals surface area contributed by atoms with Crippen LogP contribution in [0.15, 0.2) is 88.5 Å². The van der Waals surface area contributed by atoms with Gasteiger partial charge in [0.1, 0.15) is 6.61 Å². The molecule has 0 saturated heterocycles. The summed E-state index contributed by atoms with van der Waals surface area (Å²) in [6.07, 6.45) is 4.06. The van der Waals surface area contributed by atoms with Crippen molar-refractivity contribution in [2.75, 3.05) is 5.75 Å². The topological polar surface area (TPSA) is 26.3 Å². The average Bonchev–Trinajstić information content (AvgIpc) is 3.04. The normalized spacial score (nSPS) is 18.8. The van der Waals surface area contributed by atoms with Crippen LogP contribution in [0.1, 0.15) is 32.3 Å². The highest BCUT2D eigenvalue weighted by Gasteiger charge is 2.26. The van der Waals surface area contributed by atoms with Crippen LogP contribution in [0, 0.1) is 5.92 Å². The van der Waals surface area contributed by atoms with Crippen LogP contribution >= 0.6 is 0 Å². The number of hydrogen-bond donors (Lipinski definition) is 0. The zero-order valence-electron chi connectivity index (χ0n) is 15.5. The third-order valence-electron chi connectivity index (χ3n) is 4.98. The van der Waals surface area contributed by atoms with Crippen molar-refractivity contribution in [3.05, 3.63) is 89.2 Å². The van der Waals surface area contributed by atoms with Crippen molar-refractivity contribution in [3.8, 4) is 0 Å². The van der Waals surface area contributed by atoms with Gasteiger partial charge in [-0.05, 0) is 50.0 Å². The van der Waals surface area contributed by atoms with E-state index >= 15 is 0 Å². The Kier molecular flexibility index (Phi) is 6.45. The minimum absolute atomic E-state index is 0.346. The van der Waals surface area contributed by atoms with E-state index < -0.39 is 10.8 Å². The highest BCUT2D eigenvalue weighted by molar-refractivity contribution is 7.85. The fraction of sp³-hybridized carbons (Fsp3) is 0.304. The highest BCUT2D eigenvalue weighted by atomic mass is 32.2. The van der Waals surface area contributed by atoms with Crippen LogP contribution in [-0.4, -0.2) is 9.96 Å². The number of rotatable bonds is 7. The van der Waals surface area contributed by atoms with Crippen LogP contribution in [0.5, 0.6) is 0 Å². The van der Waals surface area contributed by atoms with Crippen LogP contribution in [-0.2, 0) is 22.1 Å². The molecule has 2 aromatic carbocycles. The van der Waals surface area contributed by atoms with Crippen LogP contribution in [0.4, 0.5) is 0 Å². The summed E-state index contributed by atoms with van der Waals surface area (Å²) in [7, 11) is -0.993. The van der Waals surface area contributed by atoms with Gasteiger partial charge in [0.25, 0.3) is 0 Å². The number of hydrogen-bond acceptors (Lipinski definition) is 2. The molecule has 0 radical (unpaired) electrons. The van der Waals surface area contributed by atoms with Gasteiger partial charge < -0.3 is 4.74 Å². The first-order chi connectivity index (χ1) is 12.6. The first kappa shape index (κ1) is 18.7. The summed E-state index contributed by atoms with van der Waals surface area (Å²) >= 11 is 0. The molecular formula is C23H26O2S. The van der Waals surface area contributed by atoms with E-state index in [-0.39, 0.29) is 0 Å². The van der Waals surface area contributed by atoms with Crippen molar-refractivity contribution >= 4 is 10.8 Å². The van der Waals surface area contributed by atoms with Crippen molar-refractivity contribution in [2.45, 2.75) is 38.2 Å². The summed E-state index contributed by atoms with van der Waals surface area (Å²) in [5, 5.41) is 0. The molecule has 0 heterocycles. The van der Waals surface area contributed by atoms with Gasteiger partial charge in [-0.15, -0.1) is 0 Å². The minimum atomic E-state index is -0.993. The van der Waals surface area contributed by atoms with E-state index in [4.69, 9.17) is 4.74 Å². The SMILES string of the molecule is CC1=C(CS(=O)c2ccccc2)C(/C(C)=C/OCc2ccccc2)CC1. The molecule has 2 aromatic rings. The zero-order chi connectivity index (χ0) is 18.4. The number of benzene rings is 2. The molecule has 3 heteroatoms. The third-order valence-corrected chi connectivity index (χ3v) is 6.35. The largest absolute Gasteiger partial charge is 0.497 e. The molecule has 2 nitrogen and oxygen atoms in total. The molecule has 0 aliphatic heterocycles. The summed E-state index contributed by atoms with van der Waals surface area (Å²) in [6, 6.07) is 19.9. The lowest BCUT2D eigenvalue weighted by atomic mass is 9.95. The molecule has 26 heavy (non-hydrogen) atoms. The van der Waals surface area contributed by atoms with Gasteiger partial charge in [-0.25, -0.2) is 0 Å². The summed E-state index contributed by atoms with van der Waals surface area (Å²) < 4.78 is 18.5. The lowest BCUT2D eigenvalue weighted by molar-refractivity contribution is 0.231. The fourth-order valence-electron chi connectivity index (χ4n) is 3.44. The molecule has 136 valence electrons. The molecule has 2 atom stereocenters. The van der Waals surface area contributed by atoms with Crippen molar-refractivity contribution in [2.24, 2.45) is 5.92 Å². The Balaban J connectivity index is 1.65. The summed E-state index contributed by atoms with van der Waals surface area (Å²) in [5.74, 6) is 0.961. The van der Waals surface area contributed by atoms with Gasteiger partial charge in [-0.2, -0.15) is 0 Å². The molecule has 0 aromatic heterocycles. The van der Waals surface area contributed by atoms with Crippen LogP contribution < -0.4 is 0 Å². The summed E-state index contributed by atoms with van der Waals surface area (Å²) in [6.45, 7) is 4.88. The van der Waals surface area contributed by atoms with E-state index in [2.05, 4.69) is 26.0 Å². The van der Waals surface area contributed by atoms with Gasteiger partial charge in [0.2, 0.25) is 0 Å². The molecule has 2 unspecified atom stereocenters. The monoisotopic (exact) mass is 366 g/mol. The first-order valence-corrected chi connectivity index (χ1v) is 10.4. The lowest BCUT2D eigenvalue weighted by Gasteiger charge is -2.17. The molecule has 0 spiro atoms. The van der Waals surface area contributed by atoms with Crippen LogP contribution in [0.25, 0.3) is 0 Å². The predicted octanol–water partition coefficient (Wildman–Crippen LogP) is 5.64. The summed E-state index contributed by atoms with van der Waals surface area (Å²) in [5.41, 5.74) is 5.09. The Labute approximate surface area is 159 Å². The maximum atomic E-state index is 12.7. The number of ether oxygens (including phenoxy) is 1. The lowest BCUT2D eigenvalue weighted by Crippen LogP contribution is -2.10. The Hall–Kier alpha value is -2.13. The van der Waals surface area contributed by atoms with E-state index in [1.54, 1.807) is 0 Å². The smallest absolute Gasteiger partial charge is 0.112 e. The van der Waals surface area contributed by atoms with Crippen molar-refractivity contribution < 1.29 is 8.95 Å². The molecule has 0 amide bonds. The van der Waals surface area contributed by atoms with Crippen molar-refractivity contribution in [3.63, 3.8) is 0 Å². The first-order valence-electron chi connectivity index (χ1n) is 9.09. The Bertz CT molecular complexity index is 807. The maximum absolute atomic E-state index is 12.7. The highest BCUT2D eigenvalue weighted by Crippen LogP contribution is 2.37. The molecule has 1 aliphatic rings. The predicted molar refractivity (Wildman–Crippen MR) is 108 cm³/mol. The Morgan fingerprint density at radius 3 is 2.46 bits per heavy atom. The van der Waals surface area contributed by atoms with Gasteiger partial charge in [0.05, 0.1) is 17.1 Å². The quantitative estimate of drug-likeness (QED) is 0.468. The molecule has 0 saturated carbocycles. The molecule has 1 aliphatic carbocycles. The molecule has 0 fully saturated rings. The molecule has 3 rings (SSSR count). The second kappa shape index (κ2) is 9.00. The van der Waals surface area contributed by atoms with Gasteiger partial charge in [0.15, 0.2) is 0 Å². The van der Waals surface area contributed by atoms with Gasteiger partial charge in [-0.1, -0.05) is 59.7 Å². The molecule has 0 bridgehead atoms. The zero-order valence-corrected chi connectivity index (χ0v) is 16.3. The minimum Gasteiger partial charge on any atom is -0.497 e. The second-order valence-electron chi connectivity index (χ2n) is 6.86. The van der Waals surface area contributed by atoms with Crippen molar-refractivity contribution in [1.29, 1.82) is 0 Å². The number of allylic oxidation sites excluding steroid dienone is 2. The Morgan fingerprint density at radius 1 is 1.12 bits per heavy atom. The standard InChI is InChI=1S/C23H26O2S/c1-18-13-14-22(19(2)15-25-16-20-9-5-3-6-10-20)23(18)17-26(24)21-11-7-4-8-12-21/h3-12,15,22H,13-14,16-17H2,1-2H3/b19-15+. The van der Waals surface area contributed by atoms with Gasteiger partial charge in [0, 0.05) is 16.6 Å². The van der Waals surface area contributed by atoms with Gasteiger partial charge >= 0.3 is 0 Å². The van der Waals surface area contributed by atoms with Crippen LogP contribution in [0.2, 0.25) is 0 Å².